The summed E-state index contributed by atoms with van der Waals surface area (Å²) < 4.78 is 30.4. The number of aryl methyl sites for hydroxylation is 1. The van der Waals surface area contributed by atoms with Gasteiger partial charge in [-0.3, -0.25) is 19.2 Å². The van der Waals surface area contributed by atoms with Crippen LogP contribution in [0.25, 0.3) is 0 Å². The molecule has 2 aromatic rings. The average Bonchev–Trinajstić information content (AvgIpc) is 2.67. The highest BCUT2D eigenvalue weighted by Crippen LogP contribution is 2.29. The molecule has 2 rings (SSSR count). The molecule has 0 fully saturated rings. The molecule has 0 spiro atoms. The molecule has 31 heavy (non-hydrogen) atoms. The molecule has 0 unspecified atom stereocenters. The molecular formula is C20H23N3O7S. The van der Waals surface area contributed by atoms with Crippen LogP contribution in [0.3, 0.4) is 0 Å². The zero-order valence-corrected chi connectivity index (χ0v) is 18.4. The van der Waals surface area contributed by atoms with Gasteiger partial charge in [-0.15, -0.1) is 0 Å². The molecule has 0 aliphatic rings. The van der Waals surface area contributed by atoms with Crippen LogP contribution in [0.4, 0.5) is 17.1 Å². The third-order valence-corrected chi connectivity index (χ3v) is 5.57. The van der Waals surface area contributed by atoms with E-state index in [1.165, 1.54) is 37.3 Å². The van der Waals surface area contributed by atoms with Crippen LogP contribution in [-0.2, 0) is 19.6 Å². The molecule has 10 nitrogen and oxygen atoms in total. The highest BCUT2D eigenvalue weighted by molar-refractivity contribution is 7.92. The van der Waals surface area contributed by atoms with Crippen molar-refractivity contribution >= 4 is 39.0 Å². The zero-order valence-electron chi connectivity index (χ0n) is 17.5. The van der Waals surface area contributed by atoms with Crippen LogP contribution in [0.2, 0.25) is 0 Å². The Bertz CT molecular complexity index is 1130. The van der Waals surface area contributed by atoms with E-state index in [1.54, 1.807) is 19.9 Å². The van der Waals surface area contributed by atoms with Crippen molar-refractivity contribution < 1.29 is 27.7 Å². The predicted molar refractivity (Wildman–Crippen MR) is 116 cm³/mol. The summed E-state index contributed by atoms with van der Waals surface area (Å²) in [4.78, 5) is 35.0. The number of esters is 1. The van der Waals surface area contributed by atoms with Crippen molar-refractivity contribution in [2.45, 2.75) is 20.8 Å². The number of ether oxygens (including phenoxy) is 1. The lowest BCUT2D eigenvalue weighted by atomic mass is 10.1. The lowest BCUT2D eigenvalue weighted by Crippen LogP contribution is -2.38. The number of nitrogens with zero attached hydrogens (tertiary/aromatic N) is 2. The van der Waals surface area contributed by atoms with Crippen molar-refractivity contribution in [3.05, 3.63) is 63.2 Å². The van der Waals surface area contributed by atoms with Crippen molar-refractivity contribution in [2.75, 3.05) is 29.0 Å². The number of nitrogens with one attached hydrogen (secondary N) is 1. The van der Waals surface area contributed by atoms with Gasteiger partial charge in [0.2, 0.25) is 15.9 Å². The molecule has 0 aliphatic carbocycles. The Hall–Kier alpha value is -3.47. The van der Waals surface area contributed by atoms with Crippen LogP contribution >= 0.6 is 0 Å². The Morgan fingerprint density at radius 1 is 1.19 bits per heavy atom. The van der Waals surface area contributed by atoms with Gasteiger partial charge in [-0.05, 0) is 50.6 Å². The monoisotopic (exact) mass is 449 g/mol. The maximum atomic E-state index is 12.6. The molecule has 0 atom stereocenters. The average molecular weight is 449 g/mol. The van der Waals surface area contributed by atoms with Gasteiger partial charge in [0.15, 0.2) is 0 Å². The van der Waals surface area contributed by atoms with Gasteiger partial charge in [0.1, 0.15) is 6.54 Å². The van der Waals surface area contributed by atoms with Crippen molar-refractivity contribution in [1.29, 1.82) is 0 Å². The standard InChI is InChI=1S/C20H23N3O7S/c1-5-30-20(25)15-9-10-16(13(2)11-15)21-19(24)12-22(31(4,28)29)17-7-6-8-18(14(17)3)23(26)27/h6-11H,5,12H2,1-4H3,(H,21,24). The SMILES string of the molecule is CCOC(=O)c1ccc(NC(=O)CN(c2cccc([N+](=O)[O-])c2C)S(C)(=O)=O)c(C)c1. The number of hydrogen-bond donors (Lipinski definition) is 1. The number of hydrogen-bond acceptors (Lipinski definition) is 7. The van der Waals surface area contributed by atoms with E-state index in [1.807, 2.05) is 0 Å². The number of nitro groups is 1. The van der Waals surface area contributed by atoms with E-state index < -0.39 is 33.4 Å². The molecule has 11 heteroatoms. The van der Waals surface area contributed by atoms with E-state index in [4.69, 9.17) is 4.74 Å². The van der Waals surface area contributed by atoms with Gasteiger partial charge in [-0.2, -0.15) is 0 Å². The first kappa shape index (κ1) is 23.8. The highest BCUT2D eigenvalue weighted by atomic mass is 32.2. The van der Waals surface area contributed by atoms with Crippen LogP contribution < -0.4 is 9.62 Å². The number of amides is 1. The van der Waals surface area contributed by atoms with Gasteiger partial charge in [0.25, 0.3) is 5.69 Å². The number of anilines is 2. The van der Waals surface area contributed by atoms with E-state index in [2.05, 4.69) is 5.32 Å². The number of carbonyl (C=O) groups is 2. The molecule has 0 heterocycles. The summed E-state index contributed by atoms with van der Waals surface area (Å²) in [5, 5.41) is 13.8. The normalized spacial score (nSPS) is 11.0. The van der Waals surface area contributed by atoms with Crippen LogP contribution in [-0.4, -0.2) is 44.6 Å². The Morgan fingerprint density at radius 3 is 2.42 bits per heavy atom. The number of benzene rings is 2. The summed E-state index contributed by atoms with van der Waals surface area (Å²) >= 11 is 0. The third-order valence-electron chi connectivity index (χ3n) is 4.44. The maximum absolute atomic E-state index is 12.6. The number of carbonyl (C=O) groups excluding carboxylic acids is 2. The van der Waals surface area contributed by atoms with Gasteiger partial charge < -0.3 is 10.1 Å². The molecule has 2 aromatic carbocycles. The maximum Gasteiger partial charge on any atom is 0.338 e. The topological polar surface area (TPSA) is 136 Å². The number of rotatable bonds is 8. The molecule has 0 radical (unpaired) electrons. The van der Waals surface area contributed by atoms with Crippen molar-refractivity contribution in [3.8, 4) is 0 Å². The molecule has 0 aromatic heterocycles. The van der Waals surface area contributed by atoms with E-state index >= 15 is 0 Å². The second-order valence-corrected chi connectivity index (χ2v) is 8.65. The highest BCUT2D eigenvalue weighted by Gasteiger charge is 2.26. The molecule has 1 amide bonds. The van der Waals surface area contributed by atoms with Gasteiger partial charge in [-0.1, -0.05) is 6.07 Å². The molecule has 0 saturated carbocycles. The first-order chi connectivity index (χ1) is 14.5. The number of sulfonamides is 1. The second kappa shape index (κ2) is 9.56. The first-order valence-electron chi connectivity index (χ1n) is 9.25. The fourth-order valence-electron chi connectivity index (χ4n) is 2.93. The summed E-state index contributed by atoms with van der Waals surface area (Å²) in [6, 6.07) is 8.56. The predicted octanol–water partition coefficient (Wildman–Crippen LogP) is 2.79. The number of nitro benzene ring substituents is 1. The summed E-state index contributed by atoms with van der Waals surface area (Å²) in [6.45, 7) is 4.43. The summed E-state index contributed by atoms with van der Waals surface area (Å²) in [6.07, 6.45) is 0.915. The Balaban J connectivity index is 2.29. The minimum absolute atomic E-state index is 0.0428. The fraction of sp³-hybridized carbons (Fsp3) is 0.300. The molecule has 1 N–H and O–H groups in total. The minimum atomic E-state index is -3.92. The van der Waals surface area contributed by atoms with Gasteiger partial charge in [0.05, 0.1) is 34.6 Å². The lowest BCUT2D eigenvalue weighted by Gasteiger charge is -2.23. The molecule has 0 aliphatic heterocycles. The zero-order chi connectivity index (χ0) is 23.3. The van der Waals surface area contributed by atoms with Crippen molar-refractivity contribution in [1.82, 2.24) is 0 Å². The van der Waals surface area contributed by atoms with Crippen molar-refractivity contribution in [2.24, 2.45) is 0 Å². The molecule has 166 valence electrons. The Morgan fingerprint density at radius 2 is 1.87 bits per heavy atom. The van der Waals surface area contributed by atoms with E-state index in [0.717, 1.165) is 10.6 Å². The Kier molecular flexibility index (Phi) is 7.34. The van der Waals surface area contributed by atoms with Gasteiger partial charge in [0, 0.05) is 11.8 Å². The van der Waals surface area contributed by atoms with Crippen LogP contribution in [0.5, 0.6) is 0 Å². The first-order valence-corrected chi connectivity index (χ1v) is 11.1. The molecular weight excluding hydrogens is 426 g/mol. The minimum Gasteiger partial charge on any atom is -0.462 e. The largest absolute Gasteiger partial charge is 0.462 e. The second-order valence-electron chi connectivity index (χ2n) is 6.75. The van der Waals surface area contributed by atoms with Crippen molar-refractivity contribution in [3.63, 3.8) is 0 Å². The van der Waals surface area contributed by atoms with Gasteiger partial charge >= 0.3 is 5.97 Å². The summed E-state index contributed by atoms with van der Waals surface area (Å²) in [5.41, 5.74) is 1.21. The lowest BCUT2D eigenvalue weighted by molar-refractivity contribution is -0.385. The van der Waals surface area contributed by atoms with E-state index in [9.17, 15) is 28.1 Å². The Labute approximate surface area is 180 Å². The van der Waals surface area contributed by atoms with Crippen LogP contribution in [0, 0.1) is 24.0 Å². The van der Waals surface area contributed by atoms with Gasteiger partial charge in [-0.25, -0.2) is 13.2 Å². The summed E-state index contributed by atoms with van der Waals surface area (Å²) in [7, 11) is -3.92. The fourth-order valence-corrected chi connectivity index (χ4v) is 3.83. The third kappa shape index (κ3) is 5.79. The van der Waals surface area contributed by atoms with E-state index in [0.29, 0.717) is 16.8 Å². The van der Waals surface area contributed by atoms with Crippen LogP contribution in [0.15, 0.2) is 36.4 Å². The summed E-state index contributed by atoms with van der Waals surface area (Å²) in [5.74, 6) is -1.14. The van der Waals surface area contributed by atoms with Crippen LogP contribution in [0.1, 0.15) is 28.4 Å². The molecule has 0 saturated heterocycles. The smallest absolute Gasteiger partial charge is 0.338 e. The van der Waals surface area contributed by atoms with E-state index in [-0.39, 0.29) is 23.5 Å². The molecule has 0 bridgehead atoms. The quantitative estimate of drug-likeness (QED) is 0.372.